The molecule has 1 N–H and O–H groups in total. The number of unbranched alkanes of at least 4 members (excludes halogenated alkanes) is 1. The number of nitrogens with zero attached hydrogens (tertiary/aromatic N) is 2. The van der Waals surface area contributed by atoms with Crippen LogP contribution in [0.15, 0.2) is 4.99 Å². The number of alkyl halides is 5. The third-order valence-corrected chi connectivity index (χ3v) is 3.21. The Labute approximate surface area is 140 Å². The maximum absolute atomic E-state index is 13.2. The Hall–Kier alpha value is -2.26. The molecule has 5 nitrogen and oxygen atoms in total. The number of hydrogen-bond acceptors (Lipinski definition) is 4. The second-order valence-electron chi connectivity index (χ2n) is 4.96. The van der Waals surface area contributed by atoms with Gasteiger partial charge in [-0.2, -0.15) is 13.2 Å². The summed E-state index contributed by atoms with van der Waals surface area (Å²) in [5.74, 6) is -1.92. The van der Waals surface area contributed by atoms with Gasteiger partial charge < -0.3 is 9.84 Å². The number of aromatic nitrogens is 1. The molecule has 0 unspecified atom stereocenters. The Kier molecular flexibility index (Phi) is 7.25. The van der Waals surface area contributed by atoms with E-state index in [9.17, 15) is 26.7 Å². The van der Waals surface area contributed by atoms with Crippen molar-refractivity contribution in [3.05, 3.63) is 22.5 Å². The van der Waals surface area contributed by atoms with Crippen LogP contribution in [0.1, 0.15) is 60.4 Å². The number of carboxylic acid groups (broad SMARTS) is 1. The van der Waals surface area contributed by atoms with Crippen molar-refractivity contribution < 1.29 is 36.6 Å². The van der Waals surface area contributed by atoms with E-state index in [-0.39, 0.29) is 13.0 Å². The molecule has 0 atom stereocenters. The fourth-order valence-electron chi connectivity index (χ4n) is 2.09. The van der Waals surface area contributed by atoms with Crippen LogP contribution in [0.2, 0.25) is 0 Å². The van der Waals surface area contributed by atoms with Crippen molar-refractivity contribution in [1.82, 2.24) is 4.98 Å². The molecule has 0 spiro atoms. The predicted molar refractivity (Wildman–Crippen MR) is 79.5 cm³/mol. The first-order chi connectivity index (χ1) is 11.6. The van der Waals surface area contributed by atoms with Crippen LogP contribution < -0.4 is 0 Å². The normalized spacial score (nSPS) is 12.2. The molecule has 1 heterocycles. The van der Waals surface area contributed by atoms with E-state index in [2.05, 4.69) is 9.98 Å². The van der Waals surface area contributed by atoms with Gasteiger partial charge in [0.15, 0.2) is 12.1 Å². The molecule has 1 aromatic heterocycles. The molecule has 1 rings (SSSR count). The molecule has 0 radical (unpaired) electrons. The van der Waals surface area contributed by atoms with Crippen molar-refractivity contribution in [3.63, 3.8) is 0 Å². The summed E-state index contributed by atoms with van der Waals surface area (Å²) >= 11 is 0. The zero-order valence-electron chi connectivity index (χ0n) is 13.5. The van der Waals surface area contributed by atoms with Crippen LogP contribution in [0.3, 0.4) is 0 Å². The van der Waals surface area contributed by atoms with Crippen LogP contribution in [-0.4, -0.2) is 29.1 Å². The van der Waals surface area contributed by atoms with Crippen LogP contribution in [0.5, 0.6) is 0 Å². The van der Waals surface area contributed by atoms with E-state index in [0.29, 0.717) is 6.42 Å². The lowest BCUT2D eigenvalue weighted by Gasteiger charge is -2.17. The Morgan fingerprint density at radius 1 is 1.36 bits per heavy atom. The zero-order valence-corrected chi connectivity index (χ0v) is 13.5. The van der Waals surface area contributed by atoms with Gasteiger partial charge in [0.05, 0.1) is 17.9 Å². The van der Waals surface area contributed by atoms with E-state index in [1.807, 2.05) is 6.92 Å². The lowest BCUT2D eigenvalue weighted by atomic mass is 9.99. The molecule has 0 saturated heterocycles. The largest absolute Gasteiger partial charge is 0.483 e. The number of hydrogen-bond donors (Lipinski definition) is 1. The Bertz CT molecular complexity index is 645. The number of carboxylic acids is 1. The number of ether oxygens (including phenoxy) is 1. The standard InChI is InChI=1S/C15H17F5N2O3/c1-3-5-6-25-7-21-10-8(4-2)9(14(23)24)12(15(18,19)20)22-11(10)13(16)17/h7,13H,3-6H2,1-2H3,(H,23,24). The zero-order chi connectivity index (χ0) is 19.2. The van der Waals surface area contributed by atoms with E-state index < -0.39 is 46.8 Å². The quantitative estimate of drug-likeness (QED) is 0.310. The van der Waals surface area contributed by atoms with Crippen molar-refractivity contribution in [2.24, 2.45) is 4.99 Å². The minimum Gasteiger partial charge on any atom is -0.483 e. The van der Waals surface area contributed by atoms with Crippen LogP contribution in [-0.2, 0) is 17.3 Å². The maximum Gasteiger partial charge on any atom is 0.434 e. The number of rotatable bonds is 8. The minimum atomic E-state index is -5.19. The van der Waals surface area contributed by atoms with Gasteiger partial charge in [-0.05, 0) is 18.4 Å². The number of aliphatic imine (C=N–C) groups is 1. The van der Waals surface area contributed by atoms with Gasteiger partial charge in [-0.15, -0.1) is 0 Å². The average Bonchev–Trinajstić information content (AvgIpc) is 2.51. The summed E-state index contributed by atoms with van der Waals surface area (Å²) in [6.45, 7) is 3.48. The van der Waals surface area contributed by atoms with Gasteiger partial charge in [-0.25, -0.2) is 23.6 Å². The van der Waals surface area contributed by atoms with Crippen LogP contribution in [0, 0.1) is 0 Å². The topological polar surface area (TPSA) is 71.8 Å². The van der Waals surface area contributed by atoms with Gasteiger partial charge in [-0.1, -0.05) is 20.3 Å². The lowest BCUT2D eigenvalue weighted by Crippen LogP contribution is -2.19. The van der Waals surface area contributed by atoms with Crippen LogP contribution in [0.4, 0.5) is 27.6 Å². The molecule has 0 saturated carbocycles. The van der Waals surface area contributed by atoms with E-state index in [0.717, 1.165) is 12.8 Å². The first-order valence-corrected chi connectivity index (χ1v) is 7.44. The van der Waals surface area contributed by atoms with Crippen molar-refractivity contribution >= 4 is 18.1 Å². The SMILES string of the molecule is CCCCOC=Nc1c(C(F)F)nc(C(F)(F)F)c(C(=O)O)c1CC. The molecule has 0 aromatic carbocycles. The summed E-state index contributed by atoms with van der Waals surface area (Å²) < 4.78 is 70.5. The highest BCUT2D eigenvalue weighted by atomic mass is 19.4. The molecule has 1 aromatic rings. The number of halogens is 5. The third-order valence-electron chi connectivity index (χ3n) is 3.21. The first kappa shape index (κ1) is 20.8. The van der Waals surface area contributed by atoms with Gasteiger partial charge in [0, 0.05) is 0 Å². The van der Waals surface area contributed by atoms with Crippen molar-refractivity contribution in [3.8, 4) is 0 Å². The van der Waals surface area contributed by atoms with E-state index in [1.165, 1.54) is 6.92 Å². The Morgan fingerprint density at radius 3 is 2.44 bits per heavy atom. The smallest absolute Gasteiger partial charge is 0.434 e. The van der Waals surface area contributed by atoms with Gasteiger partial charge in [-0.3, -0.25) is 0 Å². The second-order valence-corrected chi connectivity index (χ2v) is 4.96. The Balaban J connectivity index is 3.58. The highest BCUT2D eigenvalue weighted by molar-refractivity contribution is 5.93. The summed E-state index contributed by atoms with van der Waals surface area (Å²) in [5, 5.41) is 9.13. The summed E-state index contributed by atoms with van der Waals surface area (Å²) in [6, 6.07) is 0. The molecule has 0 bridgehead atoms. The number of aromatic carboxylic acids is 1. The minimum absolute atomic E-state index is 0.241. The first-order valence-electron chi connectivity index (χ1n) is 7.44. The van der Waals surface area contributed by atoms with Gasteiger partial charge >= 0.3 is 12.1 Å². The fourth-order valence-corrected chi connectivity index (χ4v) is 2.09. The summed E-state index contributed by atoms with van der Waals surface area (Å²) in [5.41, 5.74) is -5.36. The van der Waals surface area contributed by atoms with Crippen molar-refractivity contribution in [2.45, 2.75) is 45.7 Å². The molecular formula is C15H17F5N2O3. The van der Waals surface area contributed by atoms with E-state index >= 15 is 0 Å². The second kappa shape index (κ2) is 8.72. The highest BCUT2D eigenvalue weighted by Gasteiger charge is 2.41. The molecule has 0 aliphatic heterocycles. The predicted octanol–water partition coefficient (Wildman–Crippen LogP) is 4.78. The van der Waals surface area contributed by atoms with Gasteiger partial charge in [0.1, 0.15) is 5.69 Å². The van der Waals surface area contributed by atoms with Crippen molar-refractivity contribution in [1.29, 1.82) is 0 Å². The molecule has 25 heavy (non-hydrogen) atoms. The van der Waals surface area contributed by atoms with Crippen molar-refractivity contribution in [2.75, 3.05) is 6.61 Å². The maximum atomic E-state index is 13.2. The van der Waals surface area contributed by atoms with Gasteiger partial charge in [0.25, 0.3) is 6.43 Å². The average molecular weight is 368 g/mol. The monoisotopic (exact) mass is 368 g/mol. The summed E-state index contributed by atoms with van der Waals surface area (Å²) in [6.07, 6.45) is -6.52. The van der Waals surface area contributed by atoms with Crippen LogP contribution >= 0.6 is 0 Å². The van der Waals surface area contributed by atoms with E-state index in [4.69, 9.17) is 9.84 Å². The lowest BCUT2D eigenvalue weighted by molar-refractivity contribution is -0.142. The molecule has 0 amide bonds. The molecule has 0 aliphatic carbocycles. The van der Waals surface area contributed by atoms with Gasteiger partial charge in [0.2, 0.25) is 0 Å². The highest BCUT2D eigenvalue weighted by Crippen LogP contribution is 2.40. The fraction of sp³-hybridized carbons (Fsp3) is 0.533. The summed E-state index contributed by atoms with van der Waals surface area (Å²) in [4.78, 5) is 17.8. The number of pyridine rings is 1. The van der Waals surface area contributed by atoms with Crippen LogP contribution in [0.25, 0.3) is 0 Å². The molecule has 0 aliphatic rings. The van der Waals surface area contributed by atoms with E-state index in [1.54, 1.807) is 0 Å². The Morgan fingerprint density at radius 2 is 2.00 bits per heavy atom. The third kappa shape index (κ3) is 5.10. The molecular weight excluding hydrogens is 351 g/mol. The molecule has 0 fully saturated rings. The molecule has 140 valence electrons. The summed E-state index contributed by atoms with van der Waals surface area (Å²) in [7, 11) is 0. The number of carbonyl (C=O) groups is 1. The molecule has 10 heteroatoms.